The highest BCUT2D eigenvalue weighted by atomic mass is 16.6. The molecule has 1 heterocycles. The Hall–Kier alpha value is -2.44. The number of aromatic hydroxyl groups is 1. The number of ether oxygens (including phenoxy) is 1. The molecule has 0 radical (unpaired) electrons. The van der Waals surface area contributed by atoms with Crippen molar-refractivity contribution in [1.29, 1.82) is 0 Å². The van der Waals surface area contributed by atoms with Crippen molar-refractivity contribution in [2.24, 2.45) is 0 Å². The van der Waals surface area contributed by atoms with Crippen molar-refractivity contribution >= 4 is 11.0 Å². The fourth-order valence-electron chi connectivity index (χ4n) is 2.20. The third-order valence-corrected chi connectivity index (χ3v) is 3.29. The van der Waals surface area contributed by atoms with Crippen LogP contribution in [0.3, 0.4) is 0 Å². The molecule has 0 saturated carbocycles. The van der Waals surface area contributed by atoms with Gasteiger partial charge >= 0.3 is 0 Å². The standard InChI is InChI=1S/C16H17N3O3/c1-11(20)22-9-8-12-6-7-16(21)15(10-12)19-17-13-4-2-3-5-14(13)18-19/h2-7,10-11,20-21H,8-9H2,1H3. The second-order valence-electron chi connectivity index (χ2n) is 5.02. The average molecular weight is 299 g/mol. The summed E-state index contributed by atoms with van der Waals surface area (Å²) in [6, 6.07) is 12.8. The number of hydrogen-bond acceptors (Lipinski definition) is 5. The molecule has 1 unspecified atom stereocenters. The molecule has 1 aromatic heterocycles. The van der Waals surface area contributed by atoms with Gasteiger partial charge in [-0.1, -0.05) is 18.2 Å². The summed E-state index contributed by atoms with van der Waals surface area (Å²) in [6.07, 6.45) is -0.159. The van der Waals surface area contributed by atoms with E-state index in [-0.39, 0.29) is 5.75 Å². The number of nitrogens with zero attached hydrogens (tertiary/aromatic N) is 3. The second kappa shape index (κ2) is 6.13. The summed E-state index contributed by atoms with van der Waals surface area (Å²) >= 11 is 0. The van der Waals surface area contributed by atoms with Gasteiger partial charge in [-0.3, -0.25) is 0 Å². The first-order valence-electron chi connectivity index (χ1n) is 7.07. The van der Waals surface area contributed by atoms with Crippen LogP contribution in [0.2, 0.25) is 0 Å². The Morgan fingerprint density at radius 1 is 1.14 bits per heavy atom. The minimum atomic E-state index is -0.783. The lowest BCUT2D eigenvalue weighted by atomic mass is 10.1. The number of aromatic nitrogens is 3. The maximum atomic E-state index is 10.1. The van der Waals surface area contributed by atoms with Gasteiger partial charge in [0, 0.05) is 0 Å². The van der Waals surface area contributed by atoms with Gasteiger partial charge in [-0.25, -0.2) is 0 Å². The van der Waals surface area contributed by atoms with E-state index in [9.17, 15) is 5.11 Å². The highest BCUT2D eigenvalue weighted by Gasteiger charge is 2.09. The van der Waals surface area contributed by atoms with Gasteiger partial charge in [0.05, 0.1) is 6.61 Å². The highest BCUT2D eigenvalue weighted by molar-refractivity contribution is 5.73. The van der Waals surface area contributed by atoms with Crippen LogP contribution in [0.5, 0.6) is 5.75 Å². The third-order valence-electron chi connectivity index (χ3n) is 3.29. The Kier molecular flexibility index (Phi) is 4.04. The quantitative estimate of drug-likeness (QED) is 0.705. The number of fused-ring (bicyclic) bond motifs is 1. The molecule has 6 nitrogen and oxygen atoms in total. The summed E-state index contributed by atoms with van der Waals surface area (Å²) in [4.78, 5) is 1.43. The van der Waals surface area contributed by atoms with Crippen LogP contribution >= 0.6 is 0 Å². The van der Waals surface area contributed by atoms with E-state index in [0.29, 0.717) is 18.7 Å². The number of phenolic OH excluding ortho intramolecular Hbond substituents is 1. The normalized spacial score (nSPS) is 12.6. The summed E-state index contributed by atoms with van der Waals surface area (Å²) < 4.78 is 5.12. The minimum absolute atomic E-state index is 0.112. The highest BCUT2D eigenvalue weighted by Crippen LogP contribution is 2.23. The molecule has 114 valence electrons. The van der Waals surface area contributed by atoms with Gasteiger partial charge in [-0.05, 0) is 43.2 Å². The average Bonchev–Trinajstić information content (AvgIpc) is 2.92. The topological polar surface area (TPSA) is 80.4 Å². The van der Waals surface area contributed by atoms with Crippen LogP contribution < -0.4 is 0 Å². The maximum absolute atomic E-state index is 10.1. The van der Waals surface area contributed by atoms with Gasteiger partial charge in [0.2, 0.25) is 0 Å². The SMILES string of the molecule is CC(O)OCCc1ccc(O)c(-n2nc3ccccc3n2)c1. The van der Waals surface area contributed by atoms with Crippen LogP contribution in [0.1, 0.15) is 12.5 Å². The Bertz CT molecular complexity index is 750. The van der Waals surface area contributed by atoms with E-state index in [4.69, 9.17) is 9.84 Å². The van der Waals surface area contributed by atoms with E-state index in [1.807, 2.05) is 36.4 Å². The zero-order chi connectivity index (χ0) is 15.5. The van der Waals surface area contributed by atoms with Gasteiger partial charge in [0.15, 0.2) is 6.29 Å². The molecule has 0 aliphatic heterocycles. The van der Waals surface area contributed by atoms with Gasteiger partial charge in [-0.2, -0.15) is 0 Å². The predicted molar refractivity (Wildman–Crippen MR) is 81.9 cm³/mol. The molecule has 3 rings (SSSR count). The first-order chi connectivity index (χ1) is 10.6. The van der Waals surface area contributed by atoms with E-state index in [0.717, 1.165) is 16.6 Å². The molecule has 3 aromatic rings. The van der Waals surface area contributed by atoms with E-state index in [1.165, 1.54) is 4.80 Å². The van der Waals surface area contributed by atoms with Crippen molar-refractivity contribution in [3.8, 4) is 11.4 Å². The smallest absolute Gasteiger partial charge is 0.151 e. The lowest BCUT2D eigenvalue weighted by Gasteiger charge is -2.08. The van der Waals surface area contributed by atoms with Crippen molar-refractivity contribution < 1.29 is 14.9 Å². The molecule has 0 fully saturated rings. The molecule has 0 saturated heterocycles. The zero-order valence-corrected chi connectivity index (χ0v) is 12.2. The summed E-state index contributed by atoms with van der Waals surface area (Å²) in [5.74, 6) is 0.112. The van der Waals surface area contributed by atoms with Crippen molar-refractivity contribution in [2.45, 2.75) is 19.6 Å². The Balaban J connectivity index is 1.88. The lowest BCUT2D eigenvalue weighted by molar-refractivity contribution is -0.0838. The molecule has 0 bridgehead atoms. The first-order valence-corrected chi connectivity index (χ1v) is 7.07. The van der Waals surface area contributed by atoms with Gasteiger partial charge < -0.3 is 14.9 Å². The minimum Gasteiger partial charge on any atom is -0.506 e. The molecule has 1 atom stereocenters. The molecule has 0 aliphatic carbocycles. The van der Waals surface area contributed by atoms with E-state index in [2.05, 4.69) is 10.2 Å². The second-order valence-corrected chi connectivity index (χ2v) is 5.02. The van der Waals surface area contributed by atoms with Gasteiger partial charge in [0.1, 0.15) is 22.5 Å². The van der Waals surface area contributed by atoms with Crippen molar-refractivity contribution in [2.75, 3.05) is 6.61 Å². The van der Waals surface area contributed by atoms with Crippen molar-refractivity contribution in [1.82, 2.24) is 15.0 Å². The van der Waals surface area contributed by atoms with E-state index < -0.39 is 6.29 Å². The molecule has 0 amide bonds. The number of rotatable bonds is 5. The molecule has 2 N–H and O–H groups in total. The molecule has 0 spiro atoms. The van der Waals surface area contributed by atoms with Crippen LogP contribution in [0, 0.1) is 0 Å². The molecule has 0 aliphatic rings. The zero-order valence-electron chi connectivity index (χ0n) is 12.2. The van der Waals surface area contributed by atoms with Crippen LogP contribution in [0.4, 0.5) is 0 Å². The summed E-state index contributed by atoms with van der Waals surface area (Å²) in [6.45, 7) is 1.97. The largest absolute Gasteiger partial charge is 0.506 e. The third kappa shape index (κ3) is 3.08. The number of hydrogen-bond donors (Lipinski definition) is 2. The van der Waals surface area contributed by atoms with Crippen molar-refractivity contribution in [3.05, 3.63) is 48.0 Å². The predicted octanol–water partition coefficient (Wildman–Crippen LogP) is 2.02. The first kappa shape index (κ1) is 14.5. The molecular formula is C16H17N3O3. The summed E-state index contributed by atoms with van der Waals surface area (Å²) in [5.41, 5.74) is 3.02. The molecule has 2 aromatic carbocycles. The molecule has 22 heavy (non-hydrogen) atoms. The Morgan fingerprint density at radius 2 is 1.82 bits per heavy atom. The number of phenols is 1. The summed E-state index contributed by atoms with van der Waals surface area (Å²) in [5, 5.41) is 27.9. The van der Waals surface area contributed by atoms with Crippen LogP contribution in [-0.4, -0.2) is 38.1 Å². The lowest BCUT2D eigenvalue weighted by Crippen LogP contribution is -2.09. The number of aliphatic hydroxyl groups excluding tert-OH is 1. The monoisotopic (exact) mass is 299 g/mol. The Morgan fingerprint density at radius 3 is 2.45 bits per heavy atom. The molecular weight excluding hydrogens is 282 g/mol. The Labute approximate surface area is 127 Å². The number of benzene rings is 2. The van der Waals surface area contributed by atoms with Crippen LogP contribution in [0.15, 0.2) is 42.5 Å². The van der Waals surface area contributed by atoms with Gasteiger partial charge in [-0.15, -0.1) is 15.0 Å². The maximum Gasteiger partial charge on any atom is 0.151 e. The molecule has 6 heteroatoms. The van der Waals surface area contributed by atoms with Gasteiger partial charge in [0.25, 0.3) is 0 Å². The number of aliphatic hydroxyl groups is 1. The van der Waals surface area contributed by atoms with E-state index >= 15 is 0 Å². The fourth-order valence-corrected chi connectivity index (χ4v) is 2.20. The fraction of sp³-hybridized carbons (Fsp3) is 0.250. The van der Waals surface area contributed by atoms with Crippen molar-refractivity contribution in [3.63, 3.8) is 0 Å². The van der Waals surface area contributed by atoms with Crippen LogP contribution in [0.25, 0.3) is 16.7 Å². The van der Waals surface area contributed by atoms with Crippen LogP contribution in [-0.2, 0) is 11.2 Å². The van der Waals surface area contributed by atoms with E-state index in [1.54, 1.807) is 13.0 Å². The summed E-state index contributed by atoms with van der Waals surface area (Å²) in [7, 11) is 0.